The van der Waals surface area contributed by atoms with Crippen molar-refractivity contribution in [2.75, 3.05) is 20.4 Å². The zero-order valence-electron chi connectivity index (χ0n) is 13.6. The Hall–Kier alpha value is -2.21. The Morgan fingerprint density at radius 3 is 2.83 bits per heavy atom. The monoisotopic (exact) mass is 331 g/mol. The van der Waals surface area contributed by atoms with Gasteiger partial charge in [0.1, 0.15) is 5.75 Å². The lowest BCUT2D eigenvalue weighted by molar-refractivity contribution is 0.206. The lowest BCUT2D eigenvalue weighted by atomic mass is 10.2. The number of aromatic nitrogens is 1. The standard InChI is InChI=1S/C17H21N3O2S/c1-20(17(21)19-11-14-5-4-8-18-10-14)12-13-6-7-16(23-3)15(9-13)22-2/h4-10H,11-12H2,1-3H3,(H,19,21). The molecule has 0 saturated heterocycles. The molecule has 0 aliphatic heterocycles. The summed E-state index contributed by atoms with van der Waals surface area (Å²) in [5.74, 6) is 0.833. The van der Waals surface area contributed by atoms with Crippen LogP contribution in [0.2, 0.25) is 0 Å². The SMILES string of the molecule is COc1cc(CN(C)C(=O)NCc2cccnc2)ccc1SC. The Labute approximate surface area is 141 Å². The number of urea groups is 1. The quantitative estimate of drug-likeness (QED) is 0.826. The predicted octanol–water partition coefficient (Wildman–Crippen LogP) is 3.15. The highest BCUT2D eigenvalue weighted by Gasteiger charge is 2.10. The van der Waals surface area contributed by atoms with Crippen molar-refractivity contribution < 1.29 is 9.53 Å². The average Bonchev–Trinajstić information content (AvgIpc) is 2.60. The molecule has 0 spiro atoms. The summed E-state index contributed by atoms with van der Waals surface area (Å²) in [6, 6.07) is 9.65. The number of hydrogen-bond donors (Lipinski definition) is 1. The summed E-state index contributed by atoms with van der Waals surface area (Å²) in [6.07, 6.45) is 5.46. The molecule has 1 heterocycles. The molecule has 1 aromatic heterocycles. The first-order valence-electron chi connectivity index (χ1n) is 7.23. The van der Waals surface area contributed by atoms with Crippen molar-refractivity contribution in [3.63, 3.8) is 0 Å². The highest BCUT2D eigenvalue weighted by atomic mass is 32.2. The largest absolute Gasteiger partial charge is 0.496 e. The molecule has 0 fully saturated rings. The molecule has 0 saturated carbocycles. The third-order valence-electron chi connectivity index (χ3n) is 3.38. The highest BCUT2D eigenvalue weighted by molar-refractivity contribution is 7.98. The van der Waals surface area contributed by atoms with E-state index in [1.54, 1.807) is 43.2 Å². The van der Waals surface area contributed by atoms with E-state index in [-0.39, 0.29) is 6.03 Å². The van der Waals surface area contributed by atoms with Crippen LogP contribution in [0.4, 0.5) is 4.79 Å². The number of methoxy groups -OCH3 is 1. The van der Waals surface area contributed by atoms with Crippen LogP contribution in [0.15, 0.2) is 47.6 Å². The molecule has 1 N–H and O–H groups in total. The number of amides is 2. The molecule has 0 bridgehead atoms. The number of pyridine rings is 1. The van der Waals surface area contributed by atoms with Crippen molar-refractivity contribution in [1.29, 1.82) is 0 Å². The minimum Gasteiger partial charge on any atom is -0.496 e. The Kier molecular flexibility index (Phi) is 6.29. The van der Waals surface area contributed by atoms with E-state index >= 15 is 0 Å². The molecule has 6 heteroatoms. The van der Waals surface area contributed by atoms with Gasteiger partial charge in [0.25, 0.3) is 0 Å². The summed E-state index contributed by atoms with van der Waals surface area (Å²) in [7, 11) is 3.43. The van der Waals surface area contributed by atoms with E-state index in [1.807, 2.05) is 36.6 Å². The second kappa shape index (κ2) is 8.43. The van der Waals surface area contributed by atoms with Crippen LogP contribution in [0.1, 0.15) is 11.1 Å². The Bertz CT molecular complexity index is 650. The Morgan fingerprint density at radius 1 is 1.35 bits per heavy atom. The topological polar surface area (TPSA) is 54.5 Å². The summed E-state index contributed by atoms with van der Waals surface area (Å²) in [5.41, 5.74) is 2.00. The molecule has 2 amide bonds. The second-order valence-electron chi connectivity index (χ2n) is 5.07. The first-order valence-corrected chi connectivity index (χ1v) is 8.45. The Balaban J connectivity index is 1.93. The zero-order valence-corrected chi connectivity index (χ0v) is 14.4. The average molecular weight is 331 g/mol. The molecule has 0 unspecified atom stereocenters. The zero-order chi connectivity index (χ0) is 16.7. The molecular formula is C17H21N3O2S. The van der Waals surface area contributed by atoms with Gasteiger partial charge in [-0.3, -0.25) is 4.98 Å². The van der Waals surface area contributed by atoms with Crippen LogP contribution < -0.4 is 10.1 Å². The van der Waals surface area contributed by atoms with Gasteiger partial charge in [-0.05, 0) is 35.6 Å². The van der Waals surface area contributed by atoms with Crippen LogP contribution in [0.5, 0.6) is 5.75 Å². The molecular weight excluding hydrogens is 310 g/mol. The van der Waals surface area contributed by atoms with Gasteiger partial charge in [-0.15, -0.1) is 11.8 Å². The van der Waals surface area contributed by atoms with E-state index in [0.717, 1.165) is 21.8 Å². The molecule has 122 valence electrons. The summed E-state index contributed by atoms with van der Waals surface area (Å²) < 4.78 is 5.38. The number of hydrogen-bond acceptors (Lipinski definition) is 4. The van der Waals surface area contributed by atoms with Gasteiger partial charge in [0.05, 0.1) is 7.11 Å². The van der Waals surface area contributed by atoms with Gasteiger partial charge < -0.3 is 15.0 Å². The predicted molar refractivity (Wildman–Crippen MR) is 92.7 cm³/mol. The maximum atomic E-state index is 12.2. The summed E-state index contributed by atoms with van der Waals surface area (Å²) in [4.78, 5) is 18.9. The van der Waals surface area contributed by atoms with Crippen LogP contribution in [0.25, 0.3) is 0 Å². The van der Waals surface area contributed by atoms with Crippen molar-refractivity contribution >= 4 is 17.8 Å². The van der Waals surface area contributed by atoms with Gasteiger partial charge in [-0.1, -0.05) is 12.1 Å². The molecule has 23 heavy (non-hydrogen) atoms. The van der Waals surface area contributed by atoms with E-state index in [4.69, 9.17) is 4.74 Å². The van der Waals surface area contributed by atoms with Crippen LogP contribution in [-0.2, 0) is 13.1 Å². The number of carbonyl (C=O) groups is 1. The van der Waals surface area contributed by atoms with Crippen LogP contribution >= 0.6 is 11.8 Å². The number of rotatable bonds is 6. The Morgan fingerprint density at radius 2 is 2.17 bits per heavy atom. The number of carbonyl (C=O) groups excluding carboxylic acids is 1. The van der Waals surface area contributed by atoms with Crippen molar-refractivity contribution in [1.82, 2.24) is 15.2 Å². The van der Waals surface area contributed by atoms with Gasteiger partial charge in [0.2, 0.25) is 0 Å². The summed E-state index contributed by atoms with van der Waals surface area (Å²) >= 11 is 1.64. The minimum atomic E-state index is -0.123. The van der Waals surface area contributed by atoms with Crippen molar-refractivity contribution in [2.24, 2.45) is 0 Å². The molecule has 2 aromatic rings. The lowest BCUT2D eigenvalue weighted by Crippen LogP contribution is -2.36. The number of thioether (sulfide) groups is 1. The maximum absolute atomic E-state index is 12.2. The molecule has 0 aliphatic rings. The molecule has 0 radical (unpaired) electrons. The van der Waals surface area contributed by atoms with E-state index in [9.17, 15) is 4.79 Å². The van der Waals surface area contributed by atoms with Crippen LogP contribution in [0, 0.1) is 0 Å². The first kappa shape index (κ1) is 17.1. The van der Waals surface area contributed by atoms with E-state index in [0.29, 0.717) is 13.1 Å². The number of nitrogens with zero attached hydrogens (tertiary/aromatic N) is 2. The van der Waals surface area contributed by atoms with Crippen LogP contribution in [-0.4, -0.2) is 36.3 Å². The van der Waals surface area contributed by atoms with Crippen molar-refractivity contribution in [3.8, 4) is 5.75 Å². The number of ether oxygens (including phenoxy) is 1. The van der Waals surface area contributed by atoms with Crippen molar-refractivity contribution in [3.05, 3.63) is 53.9 Å². The highest BCUT2D eigenvalue weighted by Crippen LogP contribution is 2.28. The van der Waals surface area contributed by atoms with E-state index < -0.39 is 0 Å². The normalized spacial score (nSPS) is 10.2. The van der Waals surface area contributed by atoms with Crippen LogP contribution in [0.3, 0.4) is 0 Å². The van der Waals surface area contributed by atoms with E-state index in [2.05, 4.69) is 10.3 Å². The van der Waals surface area contributed by atoms with E-state index in [1.165, 1.54) is 0 Å². The fourth-order valence-electron chi connectivity index (χ4n) is 2.14. The third-order valence-corrected chi connectivity index (χ3v) is 4.16. The van der Waals surface area contributed by atoms with Gasteiger partial charge in [-0.25, -0.2) is 4.79 Å². The number of nitrogens with one attached hydrogen (secondary N) is 1. The molecule has 5 nitrogen and oxygen atoms in total. The molecule has 1 aromatic carbocycles. The first-order chi connectivity index (χ1) is 11.1. The lowest BCUT2D eigenvalue weighted by Gasteiger charge is -2.19. The smallest absolute Gasteiger partial charge is 0.317 e. The minimum absolute atomic E-state index is 0.123. The van der Waals surface area contributed by atoms with Crippen molar-refractivity contribution in [2.45, 2.75) is 18.0 Å². The van der Waals surface area contributed by atoms with Gasteiger partial charge >= 0.3 is 6.03 Å². The fourth-order valence-corrected chi connectivity index (χ4v) is 2.69. The molecule has 2 rings (SSSR count). The second-order valence-corrected chi connectivity index (χ2v) is 5.91. The summed E-state index contributed by atoms with van der Waals surface area (Å²) in [5, 5.41) is 2.88. The fraction of sp³-hybridized carbons (Fsp3) is 0.294. The number of benzene rings is 1. The molecule has 0 atom stereocenters. The molecule has 0 aliphatic carbocycles. The van der Waals surface area contributed by atoms with Gasteiger partial charge in [-0.2, -0.15) is 0 Å². The third kappa shape index (κ3) is 4.89. The van der Waals surface area contributed by atoms with Gasteiger partial charge in [0.15, 0.2) is 0 Å². The summed E-state index contributed by atoms with van der Waals surface area (Å²) in [6.45, 7) is 0.982. The maximum Gasteiger partial charge on any atom is 0.317 e. The van der Waals surface area contributed by atoms with Gasteiger partial charge in [0, 0.05) is 37.4 Å².